The zero-order valence-electron chi connectivity index (χ0n) is 10.3. The molecule has 0 bridgehead atoms. The fourth-order valence-corrected chi connectivity index (χ4v) is 2.55. The Labute approximate surface area is 102 Å². The maximum Gasteiger partial charge on any atom is 0.230 e. The van der Waals surface area contributed by atoms with E-state index in [9.17, 15) is 9.59 Å². The minimum absolute atomic E-state index is 0.0338. The molecule has 1 heterocycles. The molecule has 0 aromatic carbocycles. The normalized spacial score (nSPS) is 23.2. The second kappa shape index (κ2) is 6.15. The molecule has 17 heavy (non-hydrogen) atoms. The molecule has 1 aliphatic carbocycles. The van der Waals surface area contributed by atoms with Crippen LogP contribution in [-0.4, -0.2) is 42.4 Å². The van der Waals surface area contributed by atoms with Gasteiger partial charge in [0.2, 0.25) is 5.91 Å². The summed E-state index contributed by atoms with van der Waals surface area (Å²) in [4.78, 5) is 24.4. The lowest BCUT2D eigenvalue weighted by atomic mass is 9.98. The molecule has 2 rings (SSSR count). The average molecular weight is 239 g/mol. The molecule has 1 saturated carbocycles. The molecule has 0 aromatic rings. The molecule has 4 heteroatoms. The van der Waals surface area contributed by atoms with E-state index in [1.165, 1.54) is 19.3 Å². The van der Waals surface area contributed by atoms with E-state index in [0.29, 0.717) is 32.2 Å². The highest BCUT2D eigenvalue weighted by Gasteiger charge is 2.23. The number of hydrogen-bond acceptors (Lipinski definition) is 3. The van der Waals surface area contributed by atoms with E-state index < -0.39 is 0 Å². The Kier molecular flexibility index (Phi) is 4.54. The largest absolute Gasteiger partial charge is 0.376 e. The first kappa shape index (κ1) is 12.6. The molecule has 0 unspecified atom stereocenters. The third kappa shape index (κ3) is 3.80. The van der Waals surface area contributed by atoms with E-state index in [1.807, 2.05) is 0 Å². The van der Waals surface area contributed by atoms with Crippen LogP contribution in [0, 0.1) is 0 Å². The SMILES string of the molecule is O=C1CCN(CCOC2CCCCC2)C(=O)C1. The summed E-state index contributed by atoms with van der Waals surface area (Å²) in [6.07, 6.45) is 7.17. The van der Waals surface area contributed by atoms with Gasteiger partial charge in [-0.3, -0.25) is 9.59 Å². The number of nitrogens with zero attached hydrogens (tertiary/aromatic N) is 1. The monoisotopic (exact) mass is 239 g/mol. The van der Waals surface area contributed by atoms with Gasteiger partial charge < -0.3 is 9.64 Å². The molecule has 4 nitrogen and oxygen atoms in total. The van der Waals surface area contributed by atoms with E-state index in [-0.39, 0.29) is 18.1 Å². The second-order valence-corrected chi connectivity index (χ2v) is 4.98. The lowest BCUT2D eigenvalue weighted by molar-refractivity contribution is -0.140. The van der Waals surface area contributed by atoms with Crippen LogP contribution in [0.2, 0.25) is 0 Å². The number of piperidine rings is 1. The van der Waals surface area contributed by atoms with E-state index >= 15 is 0 Å². The molecule has 2 fully saturated rings. The fourth-order valence-electron chi connectivity index (χ4n) is 2.55. The Balaban J connectivity index is 1.64. The van der Waals surface area contributed by atoms with Crippen molar-refractivity contribution in [2.24, 2.45) is 0 Å². The third-order valence-electron chi connectivity index (χ3n) is 3.63. The van der Waals surface area contributed by atoms with Gasteiger partial charge >= 0.3 is 0 Å². The number of amides is 1. The quantitative estimate of drug-likeness (QED) is 0.699. The first-order valence-electron chi connectivity index (χ1n) is 6.67. The van der Waals surface area contributed by atoms with Crippen LogP contribution >= 0.6 is 0 Å². The molecule has 2 aliphatic rings. The maximum absolute atomic E-state index is 11.5. The Morgan fingerprint density at radius 2 is 1.94 bits per heavy atom. The van der Waals surface area contributed by atoms with Crippen LogP contribution in [0.4, 0.5) is 0 Å². The van der Waals surface area contributed by atoms with Crippen LogP contribution in [0.5, 0.6) is 0 Å². The summed E-state index contributed by atoms with van der Waals surface area (Å²) in [5.41, 5.74) is 0. The topological polar surface area (TPSA) is 46.6 Å². The minimum atomic E-state index is -0.0338. The summed E-state index contributed by atoms with van der Waals surface area (Å²) in [7, 11) is 0. The summed E-state index contributed by atoms with van der Waals surface area (Å²) in [6.45, 7) is 1.83. The van der Waals surface area contributed by atoms with Gasteiger partial charge in [0.05, 0.1) is 19.1 Å². The van der Waals surface area contributed by atoms with Gasteiger partial charge in [-0.25, -0.2) is 0 Å². The minimum Gasteiger partial charge on any atom is -0.376 e. The van der Waals surface area contributed by atoms with Crippen molar-refractivity contribution >= 4 is 11.7 Å². The van der Waals surface area contributed by atoms with Crippen LogP contribution in [0.3, 0.4) is 0 Å². The standard InChI is InChI=1S/C13H21NO3/c15-11-6-7-14(13(16)10-11)8-9-17-12-4-2-1-3-5-12/h12H,1-10H2. The van der Waals surface area contributed by atoms with Crippen LogP contribution in [0.25, 0.3) is 0 Å². The lowest BCUT2D eigenvalue weighted by Gasteiger charge is -2.28. The summed E-state index contributed by atoms with van der Waals surface area (Å²) in [5, 5.41) is 0. The van der Waals surface area contributed by atoms with Crippen molar-refractivity contribution in [1.29, 1.82) is 0 Å². The van der Waals surface area contributed by atoms with Crippen LogP contribution < -0.4 is 0 Å². The van der Waals surface area contributed by atoms with Gasteiger partial charge in [-0.1, -0.05) is 19.3 Å². The lowest BCUT2D eigenvalue weighted by Crippen LogP contribution is -2.41. The number of carbonyl (C=O) groups is 2. The molecule has 96 valence electrons. The molecule has 1 aliphatic heterocycles. The van der Waals surface area contributed by atoms with Crippen molar-refractivity contribution < 1.29 is 14.3 Å². The molecule has 0 spiro atoms. The van der Waals surface area contributed by atoms with Gasteiger partial charge in [0.25, 0.3) is 0 Å². The Morgan fingerprint density at radius 1 is 1.18 bits per heavy atom. The second-order valence-electron chi connectivity index (χ2n) is 4.98. The molecule has 0 aromatic heterocycles. The summed E-state index contributed by atoms with van der Waals surface area (Å²) >= 11 is 0. The highest BCUT2D eigenvalue weighted by atomic mass is 16.5. The zero-order chi connectivity index (χ0) is 12.1. The maximum atomic E-state index is 11.5. The first-order valence-corrected chi connectivity index (χ1v) is 6.67. The Morgan fingerprint density at radius 3 is 2.65 bits per heavy atom. The number of likely N-dealkylation sites (tertiary alicyclic amines) is 1. The van der Waals surface area contributed by atoms with Gasteiger partial charge in [0.15, 0.2) is 0 Å². The molecule has 0 atom stereocenters. The van der Waals surface area contributed by atoms with Crippen molar-refractivity contribution in [2.45, 2.75) is 51.0 Å². The van der Waals surface area contributed by atoms with Crippen LogP contribution in [0.1, 0.15) is 44.9 Å². The number of rotatable bonds is 4. The fraction of sp³-hybridized carbons (Fsp3) is 0.846. The van der Waals surface area contributed by atoms with Gasteiger partial charge in [-0.05, 0) is 12.8 Å². The summed E-state index contributed by atoms with van der Waals surface area (Å²) in [6, 6.07) is 0. The molecular formula is C13H21NO3. The Bertz CT molecular complexity index is 284. The average Bonchev–Trinajstić information content (AvgIpc) is 2.33. The van der Waals surface area contributed by atoms with Crippen molar-refractivity contribution in [3.63, 3.8) is 0 Å². The molecule has 0 N–H and O–H groups in total. The van der Waals surface area contributed by atoms with Gasteiger partial charge in [-0.15, -0.1) is 0 Å². The van der Waals surface area contributed by atoms with Crippen molar-refractivity contribution in [3.8, 4) is 0 Å². The number of ketones is 1. The molecule has 1 amide bonds. The molecule has 1 saturated heterocycles. The first-order chi connectivity index (χ1) is 8.25. The summed E-state index contributed by atoms with van der Waals surface area (Å²) in [5.74, 6) is 0.0351. The highest BCUT2D eigenvalue weighted by Crippen LogP contribution is 2.20. The number of carbonyl (C=O) groups excluding carboxylic acids is 2. The predicted octanol–water partition coefficient (Wildman–Crippen LogP) is 1.53. The number of hydrogen-bond donors (Lipinski definition) is 0. The van der Waals surface area contributed by atoms with Crippen molar-refractivity contribution in [3.05, 3.63) is 0 Å². The number of ether oxygens (including phenoxy) is 1. The van der Waals surface area contributed by atoms with E-state index in [4.69, 9.17) is 4.74 Å². The molecule has 0 radical (unpaired) electrons. The predicted molar refractivity (Wildman–Crippen MR) is 63.6 cm³/mol. The zero-order valence-corrected chi connectivity index (χ0v) is 10.3. The van der Waals surface area contributed by atoms with E-state index in [0.717, 1.165) is 12.8 Å². The summed E-state index contributed by atoms with van der Waals surface area (Å²) < 4.78 is 5.78. The van der Waals surface area contributed by atoms with Crippen molar-refractivity contribution in [2.75, 3.05) is 19.7 Å². The van der Waals surface area contributed by atoms with Crippen LogP contribution in [-0.2, 0) is 14.3 Å². The Hall–Kier alpha value is -0.900. The van der Waals surface area contributed by atoms with E-state index in [1.54, 1.807) is 4.90 Å². The highest BCUT2D eigenvalue weighted by molar-refractivity contribution is 6.00. The number of Topliss-reactive ketones (excluding diaryl/α,β-unsaturated/α-hetero) is 1. The van der Waals surface area contributed by atoms with Gasteiger partial charge in [-0.2, -0.15) is 0 Å². The van der Waals surface area contributed by atoms with Gasteiger partial charge in [0.1, 0.15) is 5.78 Å². The third-order valence-corrected chi connectivity index (χ3v) is 3.63. The smallest absolute Gasteiger partial charge is 0.230 e. The van der Waals surface area contributed by atoms with Crippen LogP contribution in [0.15, 0.2) is 0 Å². The van der Waals surface area contributed by atoms with E-state index in [2.05, 4.69) is 0 Å². The van der Waals surface area contributed by atoms with Gasteiger partial charge in [0, 0.05) is 19.5 Å². The molecular weight excluding hydrogens is 218 g/mol. The van der Waals surface area contributed by atoms with Crippen molar-refractivity contribution in [1.82, 2.24) is 4.90 Å².